The number of aliphatic hydroxyl groups excluding tert-OH is 1. The second kappa shape index (κ2) is 9.43. The van der Waals surface area contributed by atoms with E-state index < -0.39 is 6.10 Å². The number of aliphatic hydroxyl groups is 1. The smallest absolute Gasteiger partial charge is 0.221 e. The lowest BCUT2D eigenvalue weighted by Crippen LogP contribution is -2.42. The zero-order valence-corrected chi connectivity index (χ0v) is 17.7. The maximum atomic E-state index is 10.0. The number of fused-ring (bicyclic) bond motifs is 1. The van der Waals surface area contributed by atoms with Crippen molar-refractivity contribution in [3.8, 4) is 11.6 Å². The summed E-state index contributed by atoms with van der Waals surface area (Å²) < 4.78 is 5.78. The minimum atomic E-state index is -0.631. The molecule has 0 saturated carbocycles. The van der Waals surface area contributed by atoms with Crippen molar-refractivity contribution in [2.45, 2.75) is 38.8 Å². The van der Waals surface area contributed by atoms with Crippen molar-refractivity contribution in [2.24, 2.45) is 5.16 Å². The molecule has 3 N–H and O–H groups in total. The molecule has 0 saturated heterocycles. The average Bonchev–Trinajstić information content (AvgIpc) is 2.68. The van der Waals surface area contributed by atoms with Crippen LogP contribution in [-0.2, 0) is 4.84 Å². The summed E-state index contributed by atoms with van der Waals surface area (Å²) in [5.41, 5.74) is 1.60. The van der Waals surface area contributed by atoms with Crippen LogP contribution in [0.2, 0.25) is 5.02 Å². The third kappa shape index (κ3) is 6.59. The molecule has 8 heteroatoms. The number of halogens is 1. The highest BCUT2D eigenvalue weighted by Crippen LogP contribution is 2.27. The molecule has 29 heavy (non-hydrogen) atoms. The van der Waals surface area contributed by atoms with Crippen LogP contribution in [0, 0.1) is 0 Å². The number of oxime groups is 1. The van der Waals surface area contributed by atoms with Crippen molar-refractivity contribution < 1.29 is 14.7 Å². The van der Waals surface area contributed by atoms with Crippen LogP contribution in [-0.4, -0.2) is 47.1 Å². The summed E-state index contributed by atoms with van der Waals surface area (Å²) in [6.45, 7) is 7.40. The predicted molar refractivity (Wildman–Crippen MR) is 115 cm³/mol. The van der Waals surface area contributed by atoms with Crippen LogP contribution in [0.15, 0.2) is 41.6 Å². The van der Waals surface area contributed by atoms with E-state index in [1.807, 2.05) is 26.8 Å². The molecule has 3 rings (SSSR count). The lowest BCUT2D eigenvalue weighted by Gasteiger charge is -2.22. The number of anilines is 1. The molecule has 156 valence electrons. The fourth-order valence-corrected chi connectivity index (χ4v) is 2.83. The number of hydrogen-bond donors (Lipinski definition) is 3. The molecule has 0 aliphatic carbocycles. The quantitative estimate of drug-likeness (QED) is 0.592. The summed E-state index contributed by atoms with van der Waals surface area (Å²) in [6.07, 6.45) is 0.0793. The first-order valence-electron chi connectivity index (χ1n) is 9.61. The summed E-state index contributed by atoms with van der Waals surface area (Å²) in [5, 5.41) is 21.4. The molecule has 0 amide bonds. The second-order valence-corrected chi connectivity index (χ2v) is 8.33. The summed E-state index contributed by atoms with van der Waals surface area (Å²) in [7, 11) is 0. The zero-order valence-electron chi connectivity index (χ0n) is 16.9. The molecule has 7 nitrogen and oxygen atoms in total. The molecule has 1 aliphatic heterocycles. The number of aromatic nitrogens is 1. The van der Waals surface area contributed by atoms with E-state index in [1.165, 1.54) is 0 Å². The first-order valence-corrected chi connectivity index (χ1v) is 9.98. The number of benzene rings is 1. The molecule has 2 heterocycles. The minimum absolute atomic E-state index is 0.0572. The van der Waals surface area contributed by atoms with Crippen LogP contribution >= 0.6 is 11.6 Å². The van der Waals surface area contributed by atoms with E-state index >= 15 is 0 Å². The molecule has 1 aliphatic rings. The normalized spacial score (nSPS) is 16.1. The molecule has 1 aromatic heterocycles. The van der Waals surface area contributed by atoms with Gasteiger partial charge in [0.2, 0.25) is 5.88 Å². The largest absolute Gasteiger partial charge is 0.439 e. The van der Waals surface area contributed by atoms with E-state index in [0.717, 1.165) is 11.3 Å². The van der Waals surface area contributed by atoms with Crippen LogP contribution in [0.25, 0.3) is 0 Å². The van der Waals surface area contributed by atoms with Crippen LogP contribution in [0.1, 0.15) is 32.8 Å². The van der Waals surface area contributed by atoms with Crippen molar-refractivity contribution in [3.63, 3.8) is 0 Å². The molecule has 0 bridgehead atoms. The lowest BCUT2D eigenvalue weighted by atomic mass is 10.1. The standard InChI is InChI=1S/C21H27ClN4O3/c1-21(2,3)24-12-15(27)13-28-26-18-10-11-23-20-17(18)8-9-19(25-20)29-16-6-4-14(22)5-7-16/h4-9,15,24,27H,10-13H2,1-3H3,(H,23,25)/b26-18+. The number of β-amino-alcohol motifs (C(OH)–C–C–N with tert-alkyl or cyclic N) is 1. The van der Waals surface area contributed by atoms with Gasteiger partial charge in [-0.2, -0.15) is 4.98 Å². The topological polar surface area (TPSA) is 88.0 Å². The van der Waals surface area contributed by atoms with E-state index in [-0.39, 0.29) is 12.1 Å². The van der Waals surface area contributed by atoms with Gasteiger partial charge < -0.3 is 25.3 Å². The molecule has 1 atom stereocenters. The third-order valence-corrected chi connectivity index (χ3v) is 4.43. The van der Waals surface area contributed by atoms with Gasteiger partial charge in [-0.15, -0.1) is 0 Å². The Morgan fingerprint density at radius 2 is 2.00 bits per heavy atom. The van der Waals surface area contributed by atoms with Crippen LogP contribution in [0.5, 0.6) is 11.6 Å². The van der Waals surface area contributed by atoms with E-state index in [2.05, 4.69) is 20.8 Å². The van der Waals surface area contributed by atoms with Gasteiger partial charge in [0.1, 0.15) is 24.3 Å². The highest BCUT2D eigenvalue weighted by atomic mass is 35.5. The van der Waals surface area contributed by atoms with Crippen LogP contribution in [0.3, 0.4) is 0 Å². The number of nitrogens with zero attached hydrogens (tertiary/aromatic N) is 2. The Morgan fingerprint density at radius 1 is 1.24 bits per heavy atom. The lowest BCUT2D eigenvalue weighted by molar-refractivity contribution is 0.0371. The number of nitrogens with one attached hydrogen (secondary N) is 2. The molecule has 1 aromatic carbocycles. The van der Waals surface area contributed by atoms with Gasteiger partial charge >= 0.3 is 0 Å². The summed E-state index contributed by atoms with van der Waals surface area (Å²) in [4.78, 5) is 9.91. The second-order valence-electron chi connectivity index (χ2n) is 7.90. The molecular weight excluding hydrogens is 392 g/mol. The fourth-order valence-electron chi connectivity index (χ4n) is 2.70. The fraction of sp³-hybridized carbons (Fsp3) is 0.429. The Kier molecular flexibility index (Phi) is 6.95. The maximum absolute atomic E-state index is 10.0. The summed E-state index contributed by atoms with van der Waals surface area (Å²) in [5.74, 6) is 1.83. The van der Waals surface area contributed by atoms with Gasteiger partial charge in [-0.05, 0) is 51.1 Å². The van der Waals surface area contributed by atoms with Crippen molar-refractivity contribution in [3.05, 3.63) is 47.0 Å². The van der Waals surface area contributed by atoms with Crippen molar-refractivity contribution in [1.82, 2.24) is 10.3 Å². The molecular formula is C21H27ClN4O3. The van der Waals surface area contributed by atoms with Gasteiger partial charge in [0.05, 0.1) is 5.71 Å². The molecule has 0 spiro atoms. The van der Waals surface area contributed by atoms with Gasteiger partial charge in [0, 0.05) is 41.7 Å². The van der Waals surface area contributed by atoms with Gasteiger partial charge in [-0.3, -0.25) is 0 Å². The van der Waals surface area contributed by atoms with Crippen LogP contribution < -0.4 is 15.4 Å². The van der Waals surface area contributed by atoms with E-state index in [0.29, 0.717) is 42.0 Å². The summed E-state index contributed by atoms with van der Waals surface area (Å²) >= 11 is 5.90. The van der Waals surface area contributed by atoms with Gasteiger partial charge in [-0.1, -0.05) is 16.8 Å². The molecule has 2 aromatic rings. The van der Waals surface area contributed by atoms with E-state index in [9.17, 15) is 5.11 Å². The van der Waals surface area contributed by atoms with Crippen molar-refractivity contribution >= 4 is 23.1 Å². The summed E-state index contributed by atoms with van der Waals surface area (Å²) in [6, 6.07) is 10.8. The van der Waals surface area contributed by atoms with E-state index in [4.69, 9.17) is 21.2 Å². The first-order chi connectivity index (χ1) is 13.8. The van der Waals surface area contributed by atoms with Crippen molar-refractivity contribution in [2.75, 3.05) is 25.0 Å². The molecule has 1 unspecified atom stereocenters. The Balaban J connectivity index is 1.61. The Morgan fingerprint density at radius 3 is 2.72 bits per heavy atom. The zero-order chi connectivity index (χ0) is 20.9. The third-order valence-electron chi connectivity index (χ3n) is 4.18. The van der Waals surface area contributed by atoms with E-state index in [1.54, 1.807) is 30.3 Å². The maximum Gasteiger partial charge on any atom is 0.221 e. The highest BCUT2D eigenvalue weighted by molar-refractivity contribution is 6.30. The molecule has 0 fully saturated rings. The number of hydrogen-bond acceptors (Lipinski definition) is 7. The van der Waals surface area contributed by atoms with Gasteiger partial charge in [0.15, 0.2) is 0 Å². The Hall–Kier alpha value is -2.35. The minimum Gasteiger partial charge on any atom is -0.439 e. The number of pyridine rings is 1. The Bertz CT molecular complexity index is 850. The number of ether oxygens (including phenoxy) is 1. The first kappa shape index (κ1) is 21.4. The average molecular weight is 419 g/mol. The molecule has 0 radical (unpaired) electrons. The van der Waals surface area contributed by atoms with Gasteiger partial charge in [0.25, 0.3) is 0 Å². The van der Waals surface area contributed by atoms with Gasteiger partial charge in [-0.25, -0.2) is 0 Å². The number of rotatable bonds is 7. The Labute approximate surface area is 176 Å². The highest BCUT2D eigenvalue weighted by Gasteiger charge is 2.19. The monoisotopic (exact) mass is 418 g/mol. The SMILES string of the molecule is CC(C)(C)NCC(O)CO/N=C1\CCNc2nc(Oc3ccc(Cl)cc3)ccc21. The van der Waals surface area contributed by atoms with Crippen molar-refractivity contribution in [1.29, 1.82) is 0 Å². The van der Waals surface area contributed by atoms with Crippen LogP contribution in [0.4, 0.5) is 5.82 Å². The predicted octanol–water partition coefficient (Wildman–Crippen LogP) is 3.81.